The van der Waals surface area contributed by atoms with Crippen LogP contribution in [0.5, 0.6) is 0 Å². The van der Waals surface area contributed by atoms with Gasteiger partial charge in [0.15, 0.2) is 0 Å². The van der Waals surface area contributed by atoms with Gasteiger partial charge in [-0.25, -0.2) is 4.98 Å². The molecule has 0 atom stereocenters. The van der Waals surface area contributed by atoms with Gasteiger partial charge in [0.25, 0.3) is 0 Å². The molecule has 3 aromatic rings. The molecule has 2 aromatic carbocycles. The van der Waals surface area contributed by atoms with Crippen molar-refractivity contribution < 1.29 is 4.79 Å². The number of aromatic amines is 1. The number of benzene rings is 2. The molecule has 2 heterocycles. The number of carbonyl (C=O) groups is 1. The number of amides is 1. The third-order valence-electron chi connectivity index (χ3n) is 5.17. The summed E-state index contributed by atoms with van der Waals surface area (Å²) in [5.74, 6) is 1.08. The van der Waals surface area contributed by atoms with Crippen molar-refractivity contribution in [3.8, 4) is 0 Å². The first kappa shape index (κ1) is 16.6. The Bertz CT molecular complexity index is 859. The first-order valence-corrected chi connectivity index (χ1v) is 9.32. The van der Waals surface area contributed by atoms with E-state index in [9.17, 15) is 4.79 Å². The number of aryl methyl sites for hydroxylation is 1. The number of anilines is 2. The fourth-order valence-corrected chi connectivity index (χ4v) is 3.51. The van der Waals surface area contributed by atoms with Crippen LogP contribution < -0.4 is 10.2 Å². The maximum atomic E-state index is 12.6. The van der Waals surface area contributed by atoms with Crippen molar-refractivity contribution in [2.24, 2.45) is 5.92 Å². The monoisotopic (exact) mass is 348 g/mol. The molecule has 0 saturated carbocycles. The number of carbonyl (C=O) groups excluding carboxylic acids is 1. The highest BCUT2D eigenvalue weighted by molar-refractivity contribution is 5.92. The van der Waals surface area contributed by atoms with E-state index in [0.29, 0.717) is 0 Å². The van der Waals surface area contributed by atoms with Crippen LogP contribution in [-0.4, -0.2) is 29.0 Å². The smallest absolute Gasteiger partial charge is 0.227 e. The SMILES string of the molecule is CCc1ccc(NC(=O)C2CCN(c3nc4ccccc4[nH]3)CC2)cc1. The predicted molar refractivity (Wildman–Crippen MR) is 105 cm³/mol. The number of nitrogens with one attached hydrogen (secondary N) is 2. The summed E-state index contributed by atoms with van der Waals surface area (Å²) in [4.78, 5) is 22.8. The lowest BCUT2D eigenvalue weighted by atomic mass is 9.96. The number of piperidine rings is 1. The summed E-state index contributed by atoms with van der Waals surface area (Å²) in [5, 5.41) is 3.06. The number of H-pyrrole nitrogens is 1. The summed E-state index contributed by atoms with van der Waals surface area (Å²) in [6.07, 6.45) is 2.69. The van der Waals surface area contributed by atoms with Gasteiger partial charge in [0.05, 0.1) is 11.0 Å². The molecule has 1 aliphatic rings. The van der Waals surface area contributed by atoms with Gasteiger partial charge in [-0.3, -0.25) is 4.79 Å². The zero-order chi connectivity index (χ0) is 17.9. The number of para-hydroxylation sites is 2. The highest BCUT2D eigenvalue weighted by Gasteiger charge is 2.26. The van der Waals surface area contributed by atoms with E-state index in [1.165, 1.54) is 5.56 Å². The summed E-state index contributed by atoms with van der Waals surface area (Å²) in [7, 11) is 0. The molecular weight excluding hydrogens is 324 g/mol. The predicted octanol–water partition coefficient (Wildman–Crippen LogP) is 3.98. The highest BCUT2D eigenvalue weighted by atomic mass is 16.1. The number of hydrogen-bond acceptors (Lipinski definition) is 3. The molecule has 1 amide bonds. The molecule has 0 radical (unpaired) electrons. The van der Waals surface area contributed by atoms with E-state index >= 15 is 0 Å². The Kier molecular flexibility index (Phi) is 4.61. The third-order valence-corrected chi connectivity index (χ3v) is 5.17. The molecule has 134 valence electrons. The first-order chi connectivity index (χ1) is 12.7. The second-order valence-corrected chi connectivity index (χ2v) is 6.88. The van der Waals surface area contributed by atoms with Gasteiger partial charge in [0.2, 0.25) is 11.9 Å². The highest BCUT2D eigenvalue weighted by Crippen LogP contribution is 2.24. The van der Waals surface area contributed by atoms with Crippen LogP contribution in [0.3, 0.4) is 0 Å². The van der Waals surface area contributed by atoms with Crippen LogP contribution in [0.15, 0.2) is 48.5 Å². The average Bonchev–Trinajstić information content (AvgIpc) is 3.13. The molecule has 0 bridgehead atoms. The number of nitrogens with zero attached hydrogens (tertiary/aromatic N) is 2. The topological polar surface area (TPSA) is 61.0 Å². The van der Waals surface area contributed by atoms with Crippen molar-refractivity contribution in [3.63, 3.8) is 0 Å². The lowest BCUT2D eigenvalue weighted by molar-refractivity contribution is -0.120. The van der Waals surface area contributed by atoms with Gasteiger partial charge in [-0.1, -0.05) is 31.2 Å². The Morgan fingerprint density at radius 1 is 1.15 bits per heavy atom. The fraction of sp³-hybridized carbons (Fsp3) is 0.333. The zero-order valence-electron chi connectivity index (χ0n) is 15.0. The van der Waals surface area contributed by atoms with Gasteiger partial charge in [-0.2, -0.15) is 0 Å². The normalized spacial score (nSPS) is 15.3. The van der Waals surface area contributed by atoms with Crippen molar-refractivity contribution >= 4 is 28.6 Å². The fourth-order valence-electron chi connectivity index (χ4n) is 3.51. The van der Waals surface area contributed by atoms with Gasteiger partial charge in [0.1, 0.15) is 0 Å². The van der Waals surface area contributed by atoms with Crippen LogP contribution in [0, 0.1) is 5.92 Å². The molecule has 0 aliphatic carbocycles. The maximum Gasteiger partial charge on any atom is 0.227 e. The molecule has 0 unspecified atom stereocenters. The van der Waals surface area contributed by atoms with E-state index < -0.39 is 0 Å². The Hall–Kier alpha value is -2.82. The molecule has 2 N–H and O–H groups in total. The van der Waals surface area contributed by atoms with Crippen molar-refractivity contribution in [2.75, 3.05) is 23.3 Å². The zero-order valence-corrected chi connectivity index (χ0v) is 15.0. The molecule has 5 heteroatoms. The molecular formula is C21H24N4O. The van der Waals surface area contributed by atoms with Crippen LogP contribution in [0.1, 0.15) is 25.3 Å². The van der Waals surface area contributed by atoms with Gasteiger partial charge in [-0.05, 0) is 49.1 Å². The molecule has 5 nitrogen and oxygen atoms in total. The Morgan fingerprint density at radius 3 is 2.58 bits per heavy atom. The van der Waals surface area contributed by atoms with Crippen molar-refractivity contribution in [1.29, 1.82) is 0 Å². The molecule has 1 aromatic heterocycles. The Balaban J connectivity index is 1.35. The van der Waals surface area contributed by atoms with Crippen molar-refractivity contribution in [2.45, 2.75) is 26.2 Å². The van der Waals surface area contributed by atoms with Crippen LogP contribution in [0.25, 0.3) is 11.0 Å². The second-order valence-electron chi connectivity index (χ2n) is 6.88. The number of imidazole rings is 1. The number of rotatable bonds is 4. The summed E-state index contributed by atoms with van der Waals surface area (Å²) in [6, 6.07) is 16.2. The summed E-state index contributed by atoms with van der Waals surface area (Å²) >= 11 is 0. The van der Waals surface area contributed by atoms with E-state index in [2.05, 4.69) is 39.2 Å². The molecule has 4 rings (SSSR count). The first-order valence-electron chi connectivity index (χ1n) is 9.32. The summed E-state index contributed by atoms with van der Waals surface area (Å²) in [6.45, 7) is 3.81. The van der Waals surface area contributed by atoms with E-state index in [1.807, 2.05) is 36.4 Å². The van der Waals surface area contributed by atoms with Crippen LogP contribution >= 0.6 is 0 Å². The second kappa shape index (κ2) is 7.20. The Labute approximate surface area is 153 Å². The van der Waals surface area contributed by atoms with Gasteiger partial charge >= 0.3 is 0 Å². The molecule has 1 aliphatic heterocycles. The van der Waals surface area contributed by atoms with Gasteiger partial charge < -0.3 is 15.2 Å². The van der Waals surface area contributed by atoms with E-state index in [0.717, 1.165) is 55.0 Å². The minimum Gasteiger partial charge on any atom is -0.342 e. The number of hydrogen-bond donors (Lipinski definition) is 2. The van der Waals surface area contributed by atoms with Crippen molar-refractivity contribution in [1.82, 2.24) is 9.97 Å². The molecule has 26 heavy (non-hydrogen) atoms. The maximum absolute atomic E-state index is 12.6. The lowest BCUT2D eigenvalue weighted by Crippen LogP contribution is -2.38. The molecule has 1 fully saturated rings. The number of aromatic nitrogens is 2. The number of fused-ring (bicyclic) bond motifs is 1. The van der Waals surface area contributed by atoms with Crippen LogP contribution in [0.2, 0.25) is 0 Å². The van der Waals surface area contributed by atoms with Crippen molar-refractivity contribution in [3.05, 3.63) is 54.1 Å². The van der Waals surface area contributed by atoms with Gasteiger partial charge in [0, 0.05) is 24.7 Å². The quantitative estimate of drug-likeness (QED) is 0.750. The van der Waals surface area contributed by atoms with E-state index in [4.69, 9.17) is 0 Å². The minimum absolute atomic E-state index is 0.0569. The summed E-state index contributed by atoms with van der Waals surface area (Å²) in [5.41, 5.74) is 4.20. The molecule has 0 spiro atoms. The average molecular weight is 348 g/mol. The van der Waals surface area contributed by atoms with Crippen LogP contribution in [0.4, 0.5) is 11.6 Å². The Morgan fingerprint density at radius 2 is 1.88 bits per heavy atom. The van der Waals surface area contributed by atoms with Gasteiger partial charge in [-0.15, -0.1) is 0 Å². The van der Waals surface area contributed by atoms with E-state index in [-0.39, 0.29) is 11.8 Å². The molecule has 1 saturated heterocycles. The summed E-state index contributed by atoms with van der Waals surface area (Å²) < 4.78 is 0. The van der Waals surface area contributed by atoms with Crippen LogP contribution in [-0.2, 0) is 11.2 Å². The van der Waals surface area contributed by atoms with E-state index in [1.54, 1.807) is 0 Å². The largest absolute Gasteiger partial charge is 0.342 e. The third kappa shape index (κ3) is 3.43. The minimum atomic E-state index is 0.0569. The lowest BCUT2D eigenvalue weighted by Gasteiger charge is -2.31. The standard InChI is InChI=1S/C21H24N4O/c1-2-15-7-9-17(10-8-15)22-20(26)16-11-13-25(14-12-16)21-23-18-5-3-4-6-19(18)24-21/h3-10,16H,2,11-14H2,1H3,(H,22,26)(H,23,24).